The molecule has 0 aromatic heterocycles. The number of hydrogen-bond donors (Lipinski definition) is 2. The minimum Gasteiger partial charge on any atom is -0.493 e. The van der Waals surface area contributed by atoms with Crippen molar-refractivity contribution in [1.29, 1.82) is 0 Å². The highest BCUT2D eigenvalue weighted by Crippen LogP contribution is 2.29. The Bertz CT molecular complexity index is 1090. The Balaban J connectivity index is 2.00. The molecular formula is C19H22F2N4O6S. The number of halogens is 2. The number of hydrogen-bond acceptors (Lipinski definition) is 7. The number of rotatable bonds is 10. The lowest BCUT2D eigenvalue weighted by molar-refractivity contribution is -0.120. The largest absolute Gasteiger partial charge is 0.493 e. The third kappa shape index (κ3) is 6.52. The minimum absolute atomic E-state index is 0.00579. The van der Waals surface area contributed by atoms with Gasteiger partial charge in [-0.25, -0.2) is 12.7 Å². The predicted molar refractivity (Wildman–Crippen MR) is 112 cm³/mol. The molecule has 0 fully saturated rings. The van der Waals surface area contributed by atoms with Crippen molar-refractivity contribution >= 4 is 27.5 Å². The van der Waals surface area contributed by atoms with Gasteiger partial charge in [0.05, 0.1) is 12.0 Å². The molecule has 0 aliphatic carbocycles. The first-order valence-corrected chi connectivity index (χ1v) is 10.4. The first-order chi connectivity index (χ1) is 15.0. The number of ether oxygens (including phenoxy) is 2. The lowest BCUT2D eigenvalue weighted by Gasteiger charge is -2.12. The fourth-order valence-electron chi connectivity index (χ4n) is 2.38. The van der Waals surface area contributed by atoms with Crippen molar-refractivity contribution in [3.63, 3.8) is 0 Å². The molecule has 0 heterocycles. The summed E-state index contributed by atoms with van der Waals surface area (Å²) in [5.74, 6) is -0.929. The van der Waals surface area contributed by atoms with Gasteiger partial charge in [0, 0.05) is 25.3 Å². The number of benzene rings is 2. The number of anilines is 1. The summed E-state index contributed by atoms with van der Waals surface area (Å²) in [6.07, 6.45) is 0. The molecule has 32 heavy (non-hydrogen) atoms. The van der Waals surface area contributed by atoms with Crippen LogP contribution in [0.3, 0.4) is 0 Å². The molecule has 0 radical (unpaired) electrons. The summed E-state index contributed by atoms with van der Waals surface area (Å²) in [4.78, 5) is 17.0. The molecule has 0 bridgehead atoms. The summed E-state index contributed by atoms with van der Waals surface area (Å²) in [6, 6.07) is 9.61. The molecule has 0 atom stereocenters. The molecule has 0 aliphatic rings. The number of nitrogens with zero attached hydrogens (tertiary/aromatic N) is 2. The van der Waals surface area contributed by atoms with Gasteiger partial charge in [0.1, 0.15) is 0 Å². The molecule has 1 amide bonds. The highest BCUT2D eigenvalue weighted by atomic mass is 32.2. The van der Waals surface area contributed by atoms with E-state index in [1.165, 1.54) is 63.7 Å². The van der Waals surface area contributed by atoms with Gasteiger partial charge in [0.2, 0.25) is 10.0 Å². The van der Waals surface area contributed by atoms with Gasteiger partial charge in [-0.3, -0.25) is 4.79 Å². The monoisotopic (exact) mass is 472 g/mol. The van der Waals surface area contributed by atoms with E-state index in [4.69, 9.17) is 15.3 Å². The average molecular weight is 472 g/mol. The smallest absolute Gasteiger partial charge is 0.387 e. The Hall–Kier alpha value is -3.45. The number of nitrogens with one attached hydrogen (secondary N) is 1. The van der Waals surface area contributed by atoms with Gasteiger partial charge in [-0.2, -0.15) is 8.78 Å². The van der Waals surface area contributed by atoms with Crippen molar-refractivity contribution < 1.29 is 36.3 Å². The van der Waals surface area contributed by atoms with Crippen LogP contribution < -0.4 is 20.5 Å². The van der Waals surface area contributed by atoms with E-state index in [-0.39, 0.29) is 33.5 Å². The number of amides is 1. The van der Waals surface area contributed by atoms with Gasteiger partial charge in [0.25, 0.3) is 5.91 Å². The summed E-state index contributed by atoms with van der Waals surface area (Å²) in [7, 11) is 0.399. The third-order valence-electron chi connectivity index (χ3n) is 3.93. The molecular weight excluding hydrogens is 450 g/mol. The zero-order valence-corrected chi connectivity index (χ0v) is 18.2. The first-order valence-electron chi connectivity index (χ1n) is 8.95. The van der Waals surface area contributed by atoms with Crippen LogP contribution >= 0.6 is 0 Å². The van der Waals surface area contributed by atoms with E-state index in [9.17, 15) is 22.0 Å². The van der Waals surface area contributed by atoms with E-state index in [2.05, 4.69) is 15.2 Å². The number of alkyl halides is 2. The highest BCUT2D eigenvalue weighted by Gasteiger charge is 2.18. The number of oxime groups is 1. The van der Waals surface area contributed by atoms with Crippen molar-refractivity contribution in [2.24, 2.45) is 10.9 Å². The molecule has 0 spiro atoms. The van der Waals surface area contributed by atoms with Crippen molar-refractivity contribution in [3.05, 3.63) is 48.0 Å². The van der Waals surface area contributed by atoms with Crippen LogP contribution in [-0.2, 0) is 19.7 Å². The van der Waals surface area contributed by atoms with Crippen LogP contribution in [0, 0.1) is 0 Å². The Kier molecular flexibility index (Phi) is 8.32. The number of carbonyl (C=O) groups is 1. The summed E-state index contributed by atoms with van der Waals surface area (Å²) in [5, 5.41) is 6.09. The van der Waals surface area contributed by atoms with Gasteiger partial charge < -0.3 is 25.4 Å². The Morgan fingerprint density at radius 2 is 1.91 bits per heavy atom. The Morgan fingerprint density at radius 3 is 2.53 bits per heavy atom. The molecule has 2 aromatic rings. The van der Waals surface area contributed by atoms with Crippen LogP contribution in [0.2, 0.25) is 0 Å². The van der Waals surface area contributed by atoms with Crippen LogP contribution in [-0.4, -0.2) is 58.9 Å². The second-order valence-electron chi connectivity index (χ2n) is 6.36. The predicted octanol–water partition coefficient (Wildman–Crippen LogP) is 1.82. The van der Waals surface area contributed by atoms with Crippen molar-refractivity contribution in [3.8, 4) is 11.5 Å². The fourth-order valence-corrected chi connectivity index (χ4v) is 3.32. The molecule has 2 rings (SSSR count). The molecule has 3 N–H and O–H groups in total. The maximum Gasteiger partial charge on any atom is 0.387 e. The molecule has 2 aromatic carbocycles. The number of nitrogens with two attached hydrogens (primary N) is 1. The van der Waals surface area contributed by atoms with Crippen LogP contribution in [0.1, 0.15) is 5.56 Å². The molecule has 0 saturated heterocycles. The second-order valence-corrected chi connectivity index (χ2v) is 8.51. The van der Waals surface area contributed by atoms with Crippen molar-refractivity contribution in [2.45, 2.75) is 11.5 Å². The summed E-state index contributed by atoms with van der Waals surface area (Å²) >= 11 is 0. The van der Waals surface area contributed by atoms with E-state index in [1.807, 2.05) is 0 Å². The summed E-state index contributed by atoms with van der Waals surface area (Å²) < 4.78 is 59.5. The second kappa shape index (κ2) is 10.7. The fraction of sp³-hybridized carbons (Fsp3) is 0.263. The van der Waals surface area contributed by atoms with Crippen LogP contribution in [0.4, 0.5) is 14.5 Å². The van der Waals surface area contributed by atoms with Gasteiger partial charge in [-0.15, -0.1) is 0 Å². The van der Waals surface area contributed by atoms with Crippen LogP contribution in [0.5, 0.6) is 11.5 Å². The van der Waals surface area contributed by atoms with E-state index >= 15 is 0 Å². The molecule has 13 heteroatoms. The quantitative estimate of drug-likeness (QED) is 0.306. The minimum atomic E-state index is -3.66. The van der Waals surface area contributed by atoms with Crippen LogP contribution in [0.15, 0.2) is 52.5 Å². The zero-order chi connectivity index (χ0) is 23.9. The third-order valence-corrected chi connectivity index (χ3v) is 5.74. The maximum absolute atomic E-state index is 12.4. The molecule has 0 aliphatic heterocycles. The number of amidine groups is 1. The van der Waals surface area contributed by atoms with Crippen LogP contribution in [0.25, 0.3) is 0 Å². The topological polar surface area (TPSA) is 133 Å². The standard InChI is InChI=1S/C19H22F2N4O6S/c1-25(2)32(27,28)14-6-4-5-13(10-14)23-17(26)11-30-24-18(22)12-7-8-15(31-19(20)21)16(9-12)29-3/h4-10,19H,11H2,1-3H3,(H2,22,24)(H,23,26). The average Bonchev–Trinajstić information content (AvgIpc) is 2.73. The number of methoxy groups -OCH3 is 1. The van der Waals surface area contributed by atoms with Gasteiger partial charge >= 0.3 is 6.61 Å². The number of carbonyl (C=O) groups excluding carboxylic acids is 1. The van der Waals surface area contributed by atoms with Crippen molar-refractivity contribution in [2.75, 3.05) is 33.1 Å². The van der Waals surface area contributed by atoms with Gasteiger partial charge in [-0.1, -0.05) is 11.2 Å². The molecule has 0 unspecified atom stereocenters. The van der Waals surface area contributed by atoms with E-state index < -0.39 is 29.1 Å². The number of sulfonamides is 1. The van der Waals surface area contributed by atoms with Gasteiger partial charge in [0.15, 0.2) is 23.9 Å². The van der Waals surface area contributed by atoms with E-state index in [1.54, 1.807) is 0 Å². The van der Waals surface area contributed by atoms with E-state index in [0.717, 1.165) is 4.31 Å². The lowest BCUT2D eigenvalue weighted by atomic mass is 10.2. The lowest BCUT2D eigenvalue weighted by Crippen LogP contribution is -2.23. The van der Waals surface area contributed by atoms with Gasteiger partial charge in [-0.05, 0) is 36.4 Å². The molecule has 10 nitrogen and oxygen atoms in total. The Morgan fingerprint density at radius 1 is 1.19 bits per heavy atom. The molecule has 0 saturated carbocycles. The highest BCUT2D eigenvalue weighted by molar-refractivity contribution is 7.89. The first kappa shape index (κ1) is 24.8. The zero-order valence-electron chi connectivity index (χ0n) is 17.4. The Labute approximate surface area is 183 Å². The maximum atomic E-state index is 12.4. The summed E-state index contributed by atoms with van der Waals surface area (Å²) in [5.41, 5.74) is 6.31. The normalized spacial score (nSPS) is 12.0. The van der Waals surface area contributed by atoms with Crippen molar-refractivity contribution in [1.82, 2.24) is 4.31 Å². The van der Waals surface area contributed by atoms with E-state index in [0.29, 0.717) is 0 Å². The summed E-state index contributed by atoms with van der Waals surface area (Å²) in [6.45, 7) is -3.54. The molecule has 174 valence electrons. The SMILES string of the molecule is COc1cc(/C(N)=N/OCC(=O)Nc2cccc(S(=O)(=O)N(C)C)c2)ccc1OC(F)F.